The van der Waals surface area contributed by atoms with Crippen LogP contribution >= 0.6 is 0 Å². The van der Waals surface area contributed by atoms with Crippen LogP contribution in [0.15, 0.2) is 127 Å². The summed E-state index contributed by atoms with van der Waals surface area (Å²) in [5.74, 6) is 1.88. The van der Waals surface area contributed by atoms with Crippen LogP contribution in [0.5, 0.6) is 23.0 Å². The number of aromatic carboxylic acids is 1. The summed E-state index contributed by atoms with van der Waals surface area (Å²) in [6.07, 6.45) is 0. The van der Waals surface area contributed by atoms with Gasteiger partial charge in [0.15, 0.2) is 0 Å². The number of nitrogens with zero attached hydrogens (tertiary/aromatic N) is 2. The third-order valence-corrected chi connectivity index (χ3v) is 6.12. The number of aromatic nitrogens is 2. The third-order valence-electron chi connectivity index (χ3n) is 6.12. The van der Waals surface area contributed by atoms with Crippen LogP contribution < -0.4 is 9.47 Å². The Kier molecular flexibility index (Phi) is 6.41. The minimum atomic E-state index is -1.01. The van der Waals surface area contributed by atoms with Crippen LogP contribution in [0, 0.1) is 0 Å². The first-order valence-corrected chi connectivity index (χ1v) is 12.3. The Balaban J connectivity index is 1.39. The topological polar surface area (TPSA) is 81.5 Å². The Morgan fingerprint density at radius 1 is 0.513 bits per heavy atom. The van der Waals surface area contributed by atoms with E-state index in [0.717, 1.165) is 22.6 Å². The van der Waals surface area contributed by atoms with Gasteiger partial charge < -0.3 is 14.6 Å². The van der Waals surface area contributed by atoms with Crippen LogP contribution in [-0.2, 0) is 0 Å². The van der Waals surface area contributed by atoms with Crippen LogP contribution in [0.4, 0.5) is 0 Å². The number of hydrogen-bond donors (Lipinski definition) is 1. The normalized spacial score (nSPS) is 10.8. The van der Waals surface area contributed by atoms with E-state index < -0.39 is 5.97 Å². The summed E-state index contributed by atoms with van der Waals surface area (Å²) < 4.78 is 11.9. The van der Waals surface area contributed by atoms with Gasteiger partial charge in [-0.15, -0.1) is 0 Å². The van der Waals surface area contributed by atoms with Crippen molar-refractivity contribution in [3.8, 4) is 45.5 Å². The number of fused-ring (bicyclic) bond motifs is 1. The van der Waals surface area contributed by atoms with Gasteiger partial charge >= 0.3 is 5.97 Å². The van der Waals surface area contributed by atoms with Crippen molar-refractivity contribution in [1.29, 1.82) is 0 Å². The molecule has 0 amide bonds. The number of carboxylic acid groups (broad SMARTS) is 1. The second-order valence-electron chi connectivity index (χ2n) is 8.81. The highest BCUT2D eigenvalue weighted by Crippen LogP contribution is 2.34. The maximum Gasteiger partial charge on any atom is 0.335 e. The van der Waals surface area contributed by atoms with E-state index >= 15 is 0 Å². The largest absolute Gasteiger partial charge is 0.478 e. The molecule has 6 rings (SSSR count). The summed E-state index contributed by atoms with van der Waals surface area (Å²) in [5.41, 5.74) is 4.25. The second kappa shape index (κ2) is 10.5. The van der Waals surface area contributed by atoms with Crippen LogP contribution in [0.2, 0.25) is 0 Å². The van der Waals surface area contributed by atoms with Gasteiger partial charge in [-0.1, -0.05) is 36.4 Å². The maximum atomic E-state index is 11.6. The second-order valence-corrected chi connectivity index (χ2v) is 8.81. The molecular formula is C33H22N2O4. The molecule has 39 heavy (non-hydrogen) atoms. The lowest BCUT2D eigenvalue weighted by Gasteiger charge is -2.13. The highest BCUT2D eigenvalue weighted by Gasteiger charge is 2.15. The molecule has 0 spiro atoms. The molecule has 1 aromatic heterocycles. The molecular weight excluding hydrogens is 488 g/mol. The fourth-order valence-corrected chi connectivity index (χ4v) is 4.20. The number of hydrogen-bond acceptors (Lipinski definition) is 5. The van der Waals surface area contributed by atoms with E-state index in [1.54, 1.807) is 12.1 Å². The standard InChI is InChI=1S/C33H22N2O4/c36-33(37)24-15-20-29-30(21-24)35-32(23-13-18-28(19-14-23)39-26-9-5-2-6-10-26)31(34-29)22-11-16-27(17-12-22)38-25-7-3-1-4-8-25/h1-21H,(H,36,37). The van der Waals surface area contributed by atoms with Crippen molar-refractivity contribution in [1.82, 2.24) is 9.97 Å². The first kappa shape index (κ1) is 23.9. The van der Waals surface area contributed by atoms with Crippen molar-refractivity contribution in [2.24, 2.45) is 0 Å². The minimum absolute atomic E-state index is 0.157. The van der Waals surface area contributed by atoms with Gasteiger partial charge in [0.05, 0.1) is 28.0 Å². The van der Waals surface area contributed by atoms with Gasteiger partial charge in [0.2, 0.25) is 0 Å². The van der Waals surface area contributed by atoms with Crippen molar-refractivity contribution in [2.75, 3.05) is 0 Å². The SMILES string of the molecule is O=C(O)c1ccc2nc(-c3ccc(Oc4ccccc4)cc3)c(-c3ccc(Oc4ccccc4)cc3)nc2c1. The number of ether oxygens (including phenoxy) is 2. The molecule has 6 nitrogen and oxygen atoms in total. The minimum Gasteiger partial charge on any atom is -0.478 e. The Hall–Kier alpha value is -5.49. The first-order chi connectivity index (χ1) is 19.1. The van der Waals surface area contributed by atoms with E-state index in [-0.39, 0.29) is 5.56 Å². The average Bonchev–Trinajstić information content (AvgIpc) is 2.98. The van der Waals surface area contributed by atoms with Gasteiger partial charge in [-0.05, 0) is 91.0 Å². The van der Waals surface area contributed by atoms with E-state index in [0.29, 0.717) is 33.9 Å². The average molecular weight is 511 g/mol. The molecule has 0 bridgehead atoms. The lowest BCUT2D eigenvalue weighted by atomic mass is 10.0. The molecule has 0 aliphatic rings. The zero-order chi connectivity index (χ0) is 26.6. The fraction of sp³-hybridized carbons (Fsp3) is 0. The summed E-state index contributed by atoms with van der Waals surface area (Å²) in [5, 5.41) is 9.47. The van der Waals surface area contributed by atoms with Gasteiger partial charge in [-0.3, -0.25) is 0 Å². The van der Waals surface area contributed by atoms with Gasteiger partial charge in [0.25, 0.3) is 0 Å². The highest BCUT2D eigenvalue weighted by atomic mass is 16.5. The molecule has 0 atom stereocenters. The molecule has 5 aromatic carbocycles. The molecule has 0 saturated carbocycles. The highest BCUT2D eigenvalue weighted by molar-refractivity contribution is 5.94. The summed E-state index contributed by atoms with van der Waals surface area (Å²) in [6.45, 7) is 0. The maximum absolute atomic E-state index is 11.6. The summed E-state index contributed by atoms with van der Waals surface area (Å²) in [7, 11) is 0. The number of rotatable bonds is 7. The predicted molar refractivity (Wildman–Crippen MR) is 150 cm³/mol. The van der Waals surface area contributed by atoms with Crippen molar-refractivity contribution < 1.29 is 19.4 Å². The zero-order valence-electron chi connectivity index (χ0n) is 20.7. The van der Waals surface area contributed by atoms with Gasteiger partial charge in [-0.25, -0.2) is 14.8 Å². The molecule has 0 aliphatic carbocycles. The van der Waals surface area contributed by atoms with E-state index in [1.165, 1.54) is 6.07 Å². The molecule has 188 valence electrons. The molecule has 1 heterocycles. The summed E-state index contributed by atoms with van der Waals surface area (Å²) in [6, 6.07) is 39.2. The number of benzene rings is 5. The van der Waals surface area contributed by atoms with Crippen LogP contribution in [0.25, 0.3) is 33.5 Å². The van der Waals surface area contributed by atoms with E-state index in [4.69, 9.17) is 19.4 Å². The van der Waals surface area contributed by atoms with Crippen molar-refractivity contribution in [3.63, 3.8) is 0 Å². The van der Waals surface area contributed by atoms with Gasteiger partial charge in [0, 0.05) is 11.1 Å². The van der Waals surface area contributed by atoms with Gasteiger partial charge in [0.1, 0.15) is 23.0 Å². The molecule has 0 saturated heterocycles. The number of carboxylic acids is 1. The Bertz CT molecular complexity index is 1750. The Labute approximate surface area is 224 Å². The smallest absolute Gasteiger partial charge is 0.335 e. The molecule has 0 radical (unpaired) electrons. The summed E-state index contributed by atoms with van der Waals surface area (Å²) >= 11 is 0. The van der Waals surface area contributed by atoms with Crippen LogP contribution in [0.3, 0.4) is 0 Å². The molecule has 1 N–H and O–H groups in total. The van der Waals surface area contributed by atoms with Crippen molar-refractivity contribution in [3.05, 3.63) is 133 Å². The quantitative estimate of drug-likeness (QED) is 0.233. The first-order valence-electron chi connectivity index (χ1n) is 12.3. The lowest BCUT2D eigenvalue weighted by Crippen LogP contribution is -1.99. The van der Waals surface area contributed by atoms with Gasteiger partial charge in [-0.2, -0.15) is 0 Å². The van der Waals surface area contributed by atoms with E-state index in [1.807, 2.05) is 109 Å². The summed E-state index contributed by atoms with van der Waals surface area (Å²) in [4.78, 5) is 21.3. The predicted octanol–water partition coefficient (Wildman–Crippen LogP) is 8.25. The Morgan fingerprint density at radius 3 is 1.41 bits per heavy atom. The number of para-hydroxylation sites is 2. The molecule has 0 aliphatic heterocycles. The van der Waals surface area contributed by atoms with Crippen molar-refractivity contribution >= 4 is 17.0 Å². The van der Waals surface area contributed by atoms with Crippen LogP contribution in [0.1, 0.15) is 10.4 Å². The Morgan fingerprint density at radius 2 is 0.949 bits per heavy atom. The molecule has 6 heteroatoms. The molecule has 6 aromatic rings. The lowest BCUT2D eigenvalue weighted by molar-refractivity contribution is 0.0697. The molecule has 0 fully saturated rings. The molecule has 0 unspecified atom stereocenters. The fourth-order valence-electron chi connectivity index (χ4n) is 4.20. The van der Waals surface area contributed by atoms with E-state index in [2.05, 4.69) is 0 Å². The number of carbonyl (C=O) groups is 1. The monoisotopic (exact) mass is 510 g/mol. The van der Waals surface area contributed by atoms with Crippen LogP contribution in [-0.4, -0.2) is 21.0 Å². The zero-order valence-corrected chi connectivity index (χ0v) is 20.7. The van der Waals surface area contributed by atoms with Crippen molar-refractivity contribution in [2.45, 2.75) is 0 Å². The van der Waals surface area contributed by atoms with E-state index in [9.17, 15) is 9.90 Å². The third kappa shape index (κ3) is 5.31.